The van der Waals surface area contributed by atoms with Crippen LogP contribution in [0.1, 0.15) is 0 Å². The predicted octanol–water partition coefficient (Wildman–Crippen LogP) is 2.62. The summed E-state index contributed by atoms with van der Waals surface area (Å²) in [5.41, 5.74) is 6.15. The van der Waals surface area contributed by atoms with Crippen molar-refractivity contribution in [1.82, 2.24) is 9.55 Å². The Bertz CT molecular complexity index is 941. The van der Waals surface area contributed by atoms with Gasteiger partial charge in [-0.15, -0.1) is 0 Å². The lowest BCUT2D eigenvalue weighted by Gasteiger charge is -2.12. The Balaban J connectivity index is 2.28. The molecule has 0 saturated carbocycles. The third-order valence-corrected chi connectivity index (χ3v) is 4.35. The van der Waals surface area contributed by atoms with E-state index in [2.05, 4.69) is 4.98 Å². The van der Waals surface area contributed by atoms with Gasteiger partial charge in [-0.2, -0.15) is 0 Å². The number of nitrogens with zero attached hydrogens (tertiary/aromatic N) is 2. The molecule has 0 saturated heterocycles. The van der Waals surface area contributed by atoms with Gasteiger partial charge in [-0.3, -0.25) is 14.2 Å². The molecule has 0 spiro atoms. The van der Waals surface area contributed by atoms with Crippen molar-refractivity contribution in [2.75, 3.05) is 5.75 Å². The van der Waals surface area contributed by atoms with Crippen molar-refractivity contribution in [3.63, 3.8) is 0 Å². The van der Waals surface area contributed by atoms with Gasteiger partial charge in [0.05, 0.1) is 22.3 Å². The number of para-hydroxylation sites is 1. The molecule has 2 N–H and O–H groups in total. The van der Waals surface area contributed by atoms with Crippen LogP contribution in [0.25, 0.3) is 16.6 Å². The van der Waals surface area contributed by atoms with Crippen molar-refractivity contribution in [2.45, 2.75) is 5.16 Å². The fraction of sp³-hybridized carbons (Fsp3) is 0.0625. The number of carbonyl (C=O) groups excluding carboxylic acids is 1. The second-order valence-electron chi connectivity index (χ2n) is 4.79. The summed E-state index contributed by atoms with van der Waals surface area (Å²) in [7, 11) is 0. The molecule has 0 atom stereocenters. The van der Waals surface area contributed by atoms with E-state index in [0.717, 1.165) is 11.8 Å². The minimum atomic E-state index is -0.477. The van der Waals surface area contributed by atoms with Crippen molar-refractivity contribution in [1.29, 1.82) is 0 Å². The number of hydrogen-bond acceptors (Lipinski definition) is 4. The number of thioether (sulfide) groups is 1. The number of benzene rings is 2. The summed E-state index contributed by atoms with van der Waals surface area (Å²) in [5.74, 6) is -0.444. The number of primary amides is 1. The monoisotopic (exact) mass is 345 g/mol. The first-order valence-corrected chi connectivity index (χ1v) is 8.11. The largest absolute Gasteiger partial charge is 0.369 e. The van der Waals surface area contributed by atoms with Gasteiger partial charge in [0.2, 0.25) is 5.91 Å². The van der Waals surface area contributed by atoms with Crippen LogP contribution in [0, 0.1) is 0 Å². The third kappa shape index (κ3) is 3.23. The molecule has 1 aromatic heterocycles. The topological polar surface area (TPSA) is 78.0 Å². The second-order valence-corrected chi connectivity index (χ2v) is 6.17. The van der Waals surface area contributed by atoms with Crippen LogP contribution in [-0.4, -0.2) is 21.2 Å². The van der Waals surface area contributed by atoms with E-state index in [9.17, 15) is 9.59 Å². The zero-order valence-electron chi connectivity index (χ0n) is 11.9. The van der Waals surface area contributed by atoms with E-state index in [1.54, 1.807) is 30.3 Å². The number of rotatable bonds is 4. The first-order valence-electron chi connectivity index (χ1n) is 6.75. The van der Waals surface area contributed by atoms with Gasteiger partial charge < -0.3 is 5.73 Å². The molecule has 7 heteroatoms. The average molecular weight is 346 g/mol. The lowest BCUT2D eigenvalue weighted by molar-refractivity contribution is -0.115. The van der Waals surface area contributed by atoms with Gasteiger partial charge in [-0.1, -0.05) is 41.6 Å². The summed E-state index contributed by atoms with van der Waals surface area (Å²) >= 11 is 7.10. The minimum absolute atomic E-state index is 0.0331. The van der Waals surface area contributed by atoms with E-state index < -0.39 is 5.91 Å². The molecule has 1 amide bonds. The summed E-state index contributed by atoms with van der Waals surface area (Å²) in [5, 5.41) is 1.35. The molecule has 1 heterocycles. The molecule has 0 fully saturated rings. The Labute approximate surface area is 141 Å². The molecule has 5 nitrogen and oxygen atoms in total. The number of hydrogen-bond donors (Lipinski definition) is 1. The lowest BCUT2D eigenvalue weighted by atomic mass is 10.2. The summed E-state index contributed by atoms with van der Waals surface area (Å²) < 4.78 is 1.48. The highest BCUT2D eigenvalue weighted by molar-refractivity contribution is 7.99. The van der Waals surface area contributed by atoms with Crippen LogP contribution < -0.4 is 11.3 Å². The maximum atomic E-state index is 12.9. The SMILES string of the molecule is NC(=O)CSc1nc2cc(Cl)ccc2c(=O)n1-c1ccccc1. The quantitative estimate of drug-likeness (QED) is 0.582. The fourth-order valence-electron chi connectivity index (χ4n) is 2.18. The van der Waals surface area contributed by atoms with E-state index >= 15 is 0 Å². The highest BCUT2D eigenvalue weighted by atomic mass is 35.5. The normalized spacial score (nSPS) is 10.8. The van der Waals surface area contributed by atoms with E-state index in [-0.39, 0.29) is 11.3 Å². The molecule has 2 aromatic carbocycles. The Morgan fingerprint density at radius 1 is 1.22 bits per heavy atom. The Hall–Kier alpha value is -2.31. The van der Waals surface area contributed by atoms with Crippen LogP contribution in [-0.2, 0) is 4.79 Å². The first kappa shape index (κ1) is 15.6. The average Bonchev–Trinajstić information content (AvgIpc) is 2.53. The van der Waals surface area contributed by atoms with Crippen molar-refractivity contribution in [3.05, 3.63) is 63.9 Å². The lowest BCUT2D eigenvalue weighted by Crippen LogP contribution is -2.23. The number of aromatic nitrogens is 2. The maximum absolute atomic E-state index is 12.9. The van der Waals surface area contributed by atoms with E-state index in [0.29, 0.717) is 26.8 Å². The predicted molar refractivity (Wildman–Crippen MR) is 92.3 cm³/mol. The van der Waals surface area contributed by atoms with Crippen molar-refractivity contribution in [2.24, 2.45) is 5.73 Å². The first-order chi connectivity index (χ1) is 11.1. The second kappa shape index (κ2) is 6.44. The highest BCUT2D eigenvalue weighted by Gasteiger charge is 2.14. The molecule has 23 heavy (non-hydrogen) atoms. The van der Waals surface area contributed by atoms with Crippen LogP contribution in [0.5, 0.6) is 0 Å². The minimum Gasteiger partial charge on any atom is -0.369 e. The summed E-state index contributed by atoms with van der Waals surface area (Å²) in [6.07, 6.45) is 0. The fourth-order valence-corrected chi connectivity index (χ4v) is 3.09. The van der Waals surface area contributed by atoms with Crippen LogP contribution in [0.2, 0.25) is 5.02 Å². The molecular formula is C16H12ClN3O2S. The number of carbonyl (C=O) groups is 1. The molecule has 0 aliphatic carbocycles. The Morgan fingerprint density at radius 2 is 1.96 bits per heavy atom. The zero-order chi connectivity index (χ0) is 16.4. The van der Waals surface area contributed by atoms with Crippen LogP contribution in [0.3, 0.4) is 0 Å². The highest BCUT2D eigenvalue weighted by Crippen LogP contribution is 2.22. The molecule has 0 unspecified atom stereocenters. The summed E-state index contributed by atoms with van der Waals surface area (Å²) in [6.45, 7) is 0. The maximum Gasteiger partial charge on any atom is 0.266 e. The summed E-state index contributed by atoms with van der Waals surface area (Å²) in [4.78, 5) is 28.4. The van der Waals surface area contributed by atoms with Crippen molar-refractivity contribution >= 4 is 40.2 Å². The number of amides is 1. The molecule has 3 aromatic rings. The Morgan fingerprint density at radius 3 is 2.65 bits per heavy atom. The molecule has 0 bridgehead atoms. The summed E-state index contributed by atoms with van der Waals surface area (Å²) in [6, 6.07) is 14.1. The van der Waals surface area contributed by atoms with E-state index in [1.165, 1.54) is 4.57 Å². The van der Waals surface area contributed by atoms with Crippen LogP contribution in [0.4, 0.5) is 0 Å². The number of nitrogens with two attached hydrogens (primary N) is 1. The molecule has 0 aliphatic rings. The van der Waals surface area contributed by atoms with Gasteiger partial charge in [-0.05, 0) is 30.3 Å². The number of fused-ring (bicyclic) bond motifs is 1. The van der Waals surface area contributed by atoms with Crippen LogP contribution in [0.15, 0.2) is 58.5 Å². The molecular weight excluding hydrogens is 334 g/mol. The molecule has 0 radical (unpaired) electrons. The zero-order valence-corrected chi connectivity index (χ0v) is 13.5. The molecule has 0 aliphatic heterocycles. The molecule has 116 valence electrons. The van der Waals surface area contributed by atoms with Crippen molar-refractivity contribution in [3.8, 4) is 5.69 Å². The third-order valence-electron chi connectivity index (χ3n) is 3.16. The van der Waals surface area contributed by atoms with Gasteiger partial charge in [0.1, 0.15) is 0 Å². The van der Waals surface area contributed by atoms with E-state index in [1.807, 2.05) is 18.2 Å². The van der Waals surface area contributed by atoms with Crippen LogP contribution >= 0.6 is 23.4 Å². The van der Waals surface area contributed by atoms with Gasteiger partial charge in [0, 0.05) is 5.02 Å². The van der Waals surface area contributed by atoms with Gasteiger partial charge >= 0.3 is 0 Å². The van der Waals surface area contributed by atoms with Crippen molar-refractivity contribution < 1.29 is 4.79 Å². The number of halogens is 1. The standard InChI is InChI=1S/C16H12ClN3O2S/c17-10-6-7-12-13(8-10)19-16(23-9-14(18)21)20(15(12)22)11-4-2-1-3-5-11/h1-8H,9H2,(H2,18,21). The van der Waals surface area contributed by atoms with E-state index in [4.69, 9.17) is 17.3 Å². The smallest absolute Gasteiger partial charge is 0.266 e. The Kier molecular flexibility index (Phi) is 4.36. The van der Waals surface area contributed by atoms with Gasteiger partial charge in [0.25, 0.3) is 5.56 Å². The van der Waals surface area contributed by atoms with Gasteiger partial charge in [-0.25, -0.2) is 4.98 Å². The molecule has 3 rings (SSSR count). The van der Waals surface area contributed by atoms with Gasteiger partial charge in [0.15, 0.2) is 5.16 Å².